The Bertz CT molecular complexity index is 426. The molecule has 0 bridgehead atoms. The van der Waals surface area contributed by atoms with Crippen LogP contribution in [0.3, 0.4) is 0 Å². The quantitative estimate of drug-likeness (QED) is 0.644. The molecule has 0 aliphatic heterocycles. The molecule has 0 atom stereocenters. The van der Waals surface area contributed by atoms with Crippen LogP contribution in [0.4, 0.5) is 0 Å². The van der Waals surface area contributed by atoms with Crippen LogP contribution >= 0.6 is 0 Å². The molecule has 1 aromatic rings. The normalized spacial score (nSPS) is 11.3. The van der Waals surface area contributed by atoms with E-state index < -0.39 is 0 Å². The summed E-state index contributed by atoms with van der Waals surface area (Å²) >= 11 is 0. The zero-order valence-corrected chi connectivity index (χ0v) is 11.4. The van der Waals surface area contributed by atoms with Gasteiger partial charge >= 0.3 is 0 Å². The lowest BCUT2D eigenvalue weighted by Gasteiger charge is -2.07. The number of rotatable bonds is 7. The second-order valence-electron chi connectivity index (χ2n) is 4.71. The topological polar surface area (TPSA) is 17.1 Å². The van der Waals surface area contributed by atoms with Crippen molar-refractivity contribution in [1.29, 1.82) is 0 Å². The molecular weight excluding hydrogens is 220 g/mol. The van der Waals surface area contributed by atoms with Crippen molar-refractivity contribution < 1.29 is 4.79 Å². The lowest BCUT2D eigenvalue weighted by molar-refractivity contribution is -0.111. The molecule has 0 N–H and O–H groups in total. The van der Waals surface area contributed by atoms with Gasteiger partial charge in [-0.2, -0.15) is 0 Å². The average Bonchev–Trinajstić information content (AvgIpc) is 2.37. The van der Waals surface area contributed by atoms with Gasteiger partial charge in [-0.25, -0.2) is 0 Å². The van der Waals surface area contributed by atoms with Crippen LogP contribution < -0.4 is 0 Å². The van der Waals surface area contributed by atoms with E-state index in [1.807, 2.05) is 18.2 Å². The van der Waals surface area contributed by atoms with Gasteiger partial charge in [-0.15, -0.1) is 0 Å². The molecule has 96 valence electrons. The summed E-state index contributed by atoms with van der Waals surface area (Å²) < 4.78 is 0. The highest BCUT2D eigenvalue weighted by atomic mass is 16.1. The number of carbonyl (C=O) groups excluding carboxylic acids is 1. The number of ketones is 1. The van der Waals surface area contributed by atoms with Crippen LogP contribution in [0.15, 0.2) is 54.1 Å². The first-order chi connectivity index (χ1) is 8.63. The fourth-order valence-corrected chi connectivity index (χ4v) is 1.78. The number of carbonyl (C=O) groups is 1. The lowest BCUT2D eigenvalue weighted by atomic mass is 9.98. The minimum atomic E-state index is 0.0528. The highest BCUT2D eigenvalue weighted by Gasteiger charge is 2.04. The smallest absolute Gasteiger partial charge is 0.180 e. The van der Waals surface area contributed by atoms with Gasteiger partial charge in [0.2, 0.25) is 0 Å². The highest BCUT2D eigenvalue weighted by molar-refractivity contribution is 6.03. The van der Waals surface area contributed by atoms with Crippen LogP contribution in [-0.4, -0.2) is 5.78 Å². The molecule has 0 aromatic heterocycles. The van der Waals surface area contributed by atoms with E-state index in [2.05, 4.69) is 25.6 Å². The van der Waals surface area contributed by atoms with Crippen molar-refractivity contribution in [2.45, 2.75) is 39.5 Å². The number of benzene rings is 1. The molecule has 0 aliphatic carbocycles. The molecule has 18 heavy (non-hydrogen) atoms. The van der Waals surface area contributed by atoms with E-state index in [4.69, 9.17) is 0 Å². The minimum Gasteiger partial charge on any atom is -0.290 e. The lowest BCUT2D eigenvalue weighted by Crippen LogP contribution is -1.99. The molecule has 0 radical (unpaired) electrons. The van der Waals surface area contributed by atoms with Crippen molar-refractivity contribution in [3.05, 3.63) is 59.7 Å². The summed E-state index contributed by atoms with van der Waals surface area (Å²) in [6.45, 7) is 7.63. The van der Waals surface area contributed by atoms with Gasteiger partial charge < -0.3 is 0 Å². The largest absolute Gasteiger partial charge is 0.290 e. The maximum atomic E-state index is 11.7. The Balaban J connectivity index is 2.78. The molecule has 0 fully saturated rings. The Morgan fingerprint density at radius 1 is 1.28 bits per heavy atom. The second kappa shape index (κ2) is 7.65. The van der Waals surface area contributed by atoms with Crippen LogP contribution in [0.5, 0.6) is 0 Å². The van der Waals surface area contributed by atoms with Crippen LogP contribution in [0.25, 0.3) is 0 Å². The monoisotopic (exact) mass is 242 g/mol. The molecule has 0 saturated heterocycles. The third-order valence-corrected chi connectivity index (χ3v) is 2.88. The maximum absolute atomic E-state index is 11.7. The van der Waals surface area contributed by atoms with Crippen molar-refractivity contribution >= 4 is 5.78 Å². The van der Waals surface area contributed by atoms with Crippen molar-refractivity contribution in [2.24, 2.45) is 0 Å². The standard InChI is InChI=1S/C17H22O/c1-4-5-9-16(13-17(18)14(2)3)12-15-10-7-6-8-11-15/h6-8,10-11,13H,2,4-5,9,12H2,1,3H3/b16-13-. The van der Waals surface area contributed by atoms with E-state index in [0.29, 0.717) is 5.57 Å². The fourth-order valence-electron chi connectivity index (χ4n) is 1.78. The summed E-state index contributed by atoms with van der Waals surface area (Å²) in [6, 6.07) is 10.3. The molecule has 1 rings (SSSR count). The Morgan fingerprint density at radius 2 is 1.94 bits per heavy atom. The van der Waals surface area contributed by atoms with E-state index in [1.54, 1.807) is 13.0 Å². The molecule has 0 amide bonds. The summed E-state index contributed by atoms with van der Waals surface area (Å²) in [7, 11) is 0. The van der Waals surface area contributed by atoms with Crippen molar-refractivity contribution in [3.63, 3.8) is 0 Å². The maximum Gasteiger partial charge on any atom is 0.180 e. The SMILES string of the molecule is C=C(C)C(=O)/C=C(/CCCC)Cc1ccccc1. The third-order valence-electron chi connectivity index (χ3n) is 2.88. The molecule has 1 nitrogen and oxygen atoms in total. The first-order valence-electron chi connectivity index (χ1n) is 6.56. The Labute approximate surface area is 110 Å². The zero-order chi connectivity index (χ0) is 13.4. The summed E-state index contributed by atoms with van der Waals surface area (Å²) in [5.74, 6) is 0.0528. The van der Waals surface area contributed by atoms with Crippen molar-refractivity contribution in [3.8, 4) is 0 Å². The Hall–Kier alpha value is -1.63. The van der Waals surface area contributed by atoms with E-state index in [1.165, 1.54) is 11.1 Å². The molecule has 1 aromatic carbocycles. The van der Waals surface area contributed by atoms with E-state index in [-0.39, 0.29) is 5.78 Å². The predicted molar refractivity (Wildman–Crippen MR) is 77.6 cm³/mol. The van der Waals surface area contributed by atoms with Crippen molar-refractivity contribution in [2.75, 3.05) is 0 Å². The molecule has 0 heterocycles. The summed E-state index contributed by atoms with van der Waals surface area (Å²) in [6.07, 6.45) is 5.89. The average molecular weight is 242 g/mol. The summed E-state index contributed by atoms with van der Waals surface area (Å²) in [5.41, 5.74) is 3.07. The predicted octanol–water partition coefficient (Wildman–Crippen LogP) is 4.49. The van der Waals surface area contributed by atoms with Gasteiger partial charge in [0.15, 0.2) is 5.78 Å². The van der Waals surface area contributed by atoms with Crippen LogP contribution in [0.2, 0.25) is 0 Å². The first-order valence-corrected chi connectivity index (χ1v) is 6.56. The summed E-state index contributed by atoms with van der Waals surface area (Å²) in [5, 5.41) is 0. The molecule has 0 spiro atoms. The van der Waals surface area contributed by atoms with E-state index in [0.717, 1.165) is 25.7 Å². The number of hydrogen-bond donors (Lipinski definition) is 0. The Kier molecular flexibility index (Phi) is 6.13. The van der Waals surface area contributed by atoms with Crippen LogP contribution in [-0.2, 0) is 11.2 Å². The molecule has 1 heteroatoms. The van der Waals surface area contributed by atoms with E-state index >= 15 is 0 Å². The molecule has 0 unspecified atom stereocenters. The zero-order valence-electron chi connectivity index (χ0n) is 11.4. The van der Waals surface area contributed by atoms with E-state index in [9.17, 15) is 4.79 Å². The molecular formula is C17H22O. The summed E-state index contributed by atoms with van der Waals surface area (Å²) in [4.78, 5) is 11.7. The Morgan fingerprint density at radius 3 is 2.50 bits per heavy atom. The number of unbranched alkanes of at least 4 members (excludes halogenated alkanes) is 1. The van der Waals surface area contributed by atoms with Gasteiger partial charge in [-0.3, -0.25) is 4.79 Å². The van der Waals surface area contributed by atoms with Gasteiger partial charge in [0.05, 0.1) is 0 Å². The number of allylic oxidation sites excluding steroid dienone is 3. The second-order valence-corrected chi connectivity index (χ2v) is 4.71. The fraction of sp³-hybridized carbons (Fsp3) is 0.353. The van der Waals surface area contributed by atoms with Gasteiger partial charge in [-0.1, -0.05) is 55.8 Å². The molecule has 0 saturated carbocycles. The van der Waals surface area contributed by atoms with Gasteiger partial charge in [0, 0.05) is 0 Å². The van der Waals surface area contributed by atoms with Crippen LogP contribution in [0.1, 0.15) is 38.7 Å². The third kappa shape index (κ3) is 5.13. The van der Waals surface area contributed by atoms with Gasteiger partial charge in [0.1, 0.15) is 0 Å². The van der Waals surface area contributed by atoms with Gasteiger partial charge in [0.25, 0.3) is 0 Å². The van der Waals surface area contributed by atoms with Crippen molar-refractivity contribution in [1.82, 2.24) is 0 Å². The van der Waals surface area contributed by atoms with Crippen LogP contribution in [0, 0.1) is 0 Å². The highest BCUT2D eigenvalue weighted by Crippen LogP contribution is 2.15. The minimum absolute atomic E-state index is 0.0528. The van der Waals surface area contributed by atoms with Gasteiger partial charge in [-0.05, 0) is 43.4 Å². The first kappa shape index (κ1) is 14.4. The number of hydrogen-bond acceptors (Lipinski definition) is 1. The molecule has 0 aliphatic rings.